The number of thioether (sulfide) groups is 1. The Bertz CT molecular complexity index is 352. The molecule has 7 heteroatoms. The van der Waals surface area contributed by atoms with E-state index in [1.54, 1.807) is 0 Å². The molecule has 116 valence electrons. The monoisotopic (exact) mass is 308 g/mol. The van der Waals surface area contributed by atoms with E-state index in [0.29, 0.717) is 0 Å². The van der Waals surface area contributed by atoms with Crippen LogP contribution in [-0.2, 0) is 23.8 Å². The molecule has 1 rings (SSSR count). The van der Waals surface area contributed by atoms with Crippen molar-refractivity contribution >= 4 is 23.7 Å². The van der Waals surface area contributed by atoms with Crippen molar-refractivity contribution in [2.24, 2.45) is 5.92 Å². The molecule has 0 bridgehead atoms. The second-order valence-electron chi connectivity index (χ2n) is 4.66. The van der Waals surface area contributed by atoms with Crippen LogP contribution in [0.4, 0.5) is 4.39 Å². The molecular formula is C13H21FO5S. The Labute approximate surface area is 122 Å². The summed E-state index contributed by atoms with van der Waals surface area (Å²) in [5, 5.41) is 0. The van der Waals surface area contributed by atoms with Gasteiger partial charge in [-0.25, -0.2) is 4.39 Å². The van der Waals surface area contributed by atoms with Gasteiger partial charge in [-0.2, -0.15) is 0 Å². The lowest BCUT2D eigenvalue weighted by atomic mass is 9.93. The summed E-state index contributed by atoms with van der Waals surface area (Å²) in [6.45, 7) is 5.51. The minimum Gasteiger partial charge on any atom is -0.458 e. The van der Waals surface area contributed by atoms with Crippen molar-refractivity contribution in [3.63, 3.8) is 0 Å². The fourth-order valence-corrected chi connectivity index (χ4v) is 3.23. The van der Waals surface area contributed by atoms with E-state index in [9.17, 15) is 14.0 Å². The largest absolute Gasteiger partial charge is 0.458 e. The standard InChI is InChI=1S/C13H21FO5S/c1-5-20-13-7(2)11(17-8(3)15)12(18-9(4)16)10(6-14)19-13/h7,10-13H,5-6H2,1-4H3/t7?,10?,11-,12+,13+/m1/s1. The first-order valence-corrected chi connectivity index (χ1v) is 7.63. The lowest BCUT2D eigenvalue weighted by Gasteiger charge is -2.43. The van der Waals surface area contributed by atoms with Crippen LogP contribution in [0.25, 0.3) is 0 Å². The molecule has 0 aliphatic carbocycles. The van der Waals surface area contributed by atoms with E-state index in [1.165, 1.54) is 25.6 Å². The number of hydrogen-bond acceptors (Lipinski definition) is 6. The van der Waals surface area contributed by atoms with E-state index in [-0.39, 0.29) is 11.4 Å². The maximum absolute atomic E-state index is 13.2. The first kappa shape index (κ1) is 17.2. The topological polar surface area (TPSA) is 61.8 Å². The molecule has 0 aromatic carbocycles. The molecule has 5 atom stereocenters. The van der Waals surface area contributed by atoms with Crippen molar-refractivity contribution in [3.05, 3.63) is 0 Å². The van der Waals surface area contributed by atoms with Gasteiger partial charge in [0.15, 0.2) is 6.10 Å². The van der Waals surface area contributed by atoms with Gasteiger partial charge in [-0.1, -0.05) is 13.8 Å². The Hall–Kier alpha value is -0.820. The van der Waals surface area contributed by atoms with Crippen molar-refractivity contribution in [2.45, 2.75) is 51.4 Å². The Morgan fingerprint density at radius 1 is 1.20 bits per heavy atom. The molecule has 1 fully saturated rings. The van der Waals surface area contributed by atoms with Gasteiger partial charge in [0.2, 0.25) is 0 Å². The van der Waals surface area contributed by atoms with E-state index in [1.807, 2.05) is 13.8 Å². The zero-order valence-electron chi connectivity index (χ0n) is 12.1. The van der Waals surface area contributed by atoms with Crippen LogP contribution in [0.15, 0.2) is 0 Å². The van der Waals surface area contributed by atoms with Crippen LogP contribution in [0.5, 0.6) is 0 Å². The normalized spacial score (nSPS) is 33.5. The van der Waals surface area contributed by atoms with Crippen LogP contribution in [0.3, 0.4) is 0 Å². The van der Waals surface area contributed by atoms with E-state index in [4.69, 9.17) is 14.2 Å². The molecule has 1 saturated heterocycles. The Morgan fingerprint density at radius 2 is 1.75 bits per heavy atom. The maximum atomic E-state index is 13.2. The summed E-state index contributed by atoms with van der Waals surface area (Å²) in [5.74, 6) is -0.447. The van der Waals surface area contributed by atoms with Gasteiger partial charge in [-0.15, -0.1) is 11.8 Å². The second kappa shape index (κ2) is 7.83. The third-order valence-corrected chi connectivity index (χ3v) is 4.24. The minimum absolute atomic E-state index is 0.198. The number of ether oxygens (including phenoxy) is 3. The van der Waals surface area contributed by atoms with Crippen LogP contribution >= 0.6 is 11.8 Å². The van der Waals surface area contributed by atoms with Gasteiger partial charge < -0.3 is 14.2 Å². The lowest BCUT2D eigenvalue weighted by Crippen LogP contribution is -2.56. The van der Waals surface area contributed by atoms with Crippen LogP contribution in [0.1, 0.15) is 27.7 Å². The smallest absolute Gasteiger partial charge is 0.303 e. The lowest BCUT2D eigenvalue weighted by molar-refractivity contribution is -0.212. The van der Waals surface area contributed by atoms with E-state index >= 15 is 0 Å². The fourth-order valence-electron chi connectivity index (χ4n) is 2.22. The molecule has 0 radical (unpaired) electrons. The van der Waals surface area contributed by atoms with Crippen LogP contribution in [0, 0.1) is 5.92 Å². The molecule has 1 aliphatic rings. The highest BCUT2D eigenvalue weighted by Crippen LogP contribution is 2.35. The zero-order valence-corrected chi connectivity index (χ0v) is 12.9. The van der Waals surface area contributed by atoms with Crippen molar-refractivity contribution < 1.29 is 28.2 Å². The van der Waals surface area contributed by atoms with Crippen molar-refractivity contribution in [1.29, 1.82) is 0 Å². The van der Waals surface area contributed by atoms with E-state index in [0.717, 1.165) is 5.75 Å². The average molecular weight is 308 g/mol. The first-order chi connectivity index (χ1) is 9.40. The van der Waals surface area contributed by atoms with Crippen molar-refractivity contribution in [3.8, 4) is 0 Å². The number of carbonyl (C=O) groups is 2. The Morgan fingerprint density at radius 3 is 2.20 bits per heavy atom. The highest BCUT2D eigenvalue weighted by Gasteiger charge is 2.47. The van der Waals surface area contributed by atoms with Gasteiger partial charge in [0, 0.05) is 19.8 Å². The van der Waals surface area contributed by atoms with Gasteiger partial charge in [-0.3, -0.25) is 9.59 Å². The molecule has 0 amide bonds. The number of carbonyl (C=O) groups excluding carboxylic acids is 2. The Balaban J connectivity index is 2.96. The summed E-state index contributed by atoms with van der Waals surface area (Å²) in [4.78, 5) is 22.4. The number of esters is 2. The van der Waals surface area contributed by atoms with Gasteiger partial charge in [0.05, 0.1) is 0 Å². The quantitative estimate of drug-likeness (QED) is 0.723. The average Bonchev–Trinajstić information content (AvgIpc) is 2.36. The third kappa shape index (κ3) is 4.34. The highest BCUT2D eigenvalue weighted by molar-refractivity contribution is 7.99. The third-order valence-electron chi connectivity index (χ3n) is 3.03. The molecule has 5 nitrogen and oxygen atoms in total. The fraction of sp³-hybridized carbons (Fsp3) is 0.846. The number of halogens is 1. The summed E-state index contributed by atoms with van der Waals surface area (Å²) >= 11 is 1.51. The van der Waals surface area contributed by atoms with Crippen LogP contribution in [0.2, 0.25) is 0 Å². The number of alkyl halides is 1. The first-order valence-electron chi connectivity index (χ1n) is 6.58. The van der Waals surface area contributed by atoms with E-state index in [2.05, 4.69) is 0 Å². The molecule has 2 unspecified atom stereocenters. The molecule has 20 heavy (non-hydrogen) atoms. The number of hydrogen-bond donors (Lipinski definition) is 0. The zero-order chi connectivity index (χ0) is 15.3. The minimum atomic E-state index is -0.913. The van der Waals surface area contributed by atoms with Crippen molar-refractivity contribution in [2.75, 3.05) is 12.4 Å². The molecule has 0 N–H and O–H groups in total. The maximum Gasteiger partial charge on any atom is 0.303 e. The summed E-state index contributed by atoms with van der Waals surface area (Å²) in [5.41, 5.74) is -0.295. The van der Waals surface area contributed by atoms with Crippen LogP contribution in [-0.4, -0.2) is 48.1 Å². The second-order valence-corrected chi connectivity index (χ2v) is 6.04. The van der Waals surface area contributed by atoms with E-state index < -0.39 is 36.9 Å². The predicted molar refractivity (Wildman–Crippen MR) is 73.0 cm³/mol. The molecular weight excluding hydrogens is 287 g/mol. The SMILES string of the molecule is CCS[C@@H]1OC(CF)[C@H](OC(C)=O)[C@H](OC(C)=O)C1C. The Kier molecular flexibility index (Phi) is 6.75. The molecule has 1 heterocycles. The number of rotatable bonds is 5. The summed E-state index contributed by atoms with van der Waals surface area (Å²) in [6.07, 6.45) is -2.52. The molecule has 0 aromatic heterocycles. The van der Waals surface area contributed by atoms with Gasteiger partial charge in [0.1, 0.15) is 24.3 Å². The predicted octanol–water partition coefficient (Wildman–Crippen LogP) is 1.93. The summed E-state index contributed by atoms with van der Waals surface area (Å²) in [7, 11) is 0. The molecule has 0 spiro atoms. The van der Waals surface area contributed by atoms with Gasteiger partial charge >= 0.3 is 11.9 Å². The summed E-state index contributed by atoms with van der Waals surface area (Å²) in [6, 6.07) is 0. The molecule has 0 aromatic rings. The highest BCUT2D eigenvalue weighted by atomic mass is 32.2. The summed E-state index contributed by atoms with van der Waals surface area (Å²) < 4.78 is 29.2. The molecule has 1 aliphatic heterocycles. The van der Waals surface area contributed by atoms with Crippen LogP contribution < -0.4 is 0 Å². The van der Waals surface area contributed by atoms with Crippen molar-refractivity contribution in [1.82, 2.24) is 0 Å². The van der Waals surface area contributed by atoms with Gasteiger partial charge in [0.25, 0.3) is 0 Å². The molecule has 0 saturated carbocycles. The van der Waals surface area contributed by atoms with Gasteiger partial charge in [-0.05, 0) is 5.75 Å².